The molecule has 3 heterocycles. The highest BCUT2D eigenvalue weighted by Gasteiger charge is 2.43. The van der Waals surface area contributed by atoms with Gasteiger partial charge in [0.1, 0.15) is 24.4 Å². The fourth-order valence-electron chi connectivity index (χ4n) is 4.76. The summed E-state index contributed by atoms with van der Waals surface area (Å²) in [6, 6.07) is 8.87. The summed E-state index contributed by atoms with van der Waals surface area (Å²) in [6.45, 7) is 3.06. The predicted molar refractivity (Wildman–Crippen MR) is 120 cm³/mol. The first-order chi connectivity index (χ1) is 15.9. The molecule has 0 radical (unpaired) electrons. The molecule has 11 heteroatoms. The van der Waals surface area contributed by atoms with Crippen molar-refractivity contribution in [3.63, 3.8) is 0 Å². The third-order valence-electron chi connectivity index (χ3n) is 6.20. The summed E-state index contributed by atoms with van der Waals surface area (Å²) in [5.41, 5.74) is 0.939. The number of aromatic nitrogens is 5. The van der Waals surface area contributed by atoms with Gasteiger partial charge in [0.15, 0.2) is 0 Å². The molecule has 174 valence electrons. The number of nitrogens with zero attached hydrogens (tertiary/aromatic N) is 6. The minimum absolute atomic E-state index is 0.00121. The van der Waals surface area contributed by atoms with E-state index in [9.17, 15) is 8.78 Å². The van der Waals surface area contributed by atoms with E-state index in [-0.39, 0.29) is 12.1 Å². The number of hydrogen-bond acceptors (Lipinski definition) is 7. The molecule has 1 N–H and O–H groups in total. The number of nitrogens with one attached hydrogen (secondary N) is 1. The quantitative estimate of drug-likeness (QED) is 0.542. The van der Waals surface area contributed by atoms with Crippen molar-refractivity contribution in [2.24, 2.45) is 11.8 Å². The van der Waals surface area contributed by atoms with E-state index in [0.717, 1.165) is 42.1 Å². The first-order valence-corrected chi connectivity index (χ1v) is 11.3. The molecule has 33 heavy (non-hydrogen) atoms. The molecule has 1 aliphatic carbocycles. The molecule has 1 saturated carbocycles. The molecule has 8 nitrogen and oxygen atoms in total. The van der Waals surface area contributed by atoms with Crippen molar-refractivity contribution in [3.8, 4) is 11.8 Å². The topological polar surface area (TPSA) is 81.0 Å². The second kappa shape index (κ2) is 9.09. The van der Waals surface area contributed by atoms with Crippen LogP contribution >= 0.6 is 11.6 Å². The van der Waals surface area contributed by atoms with Gasteiger partial charge >= 0.3 is 6.01 Å². The van der Waals surface area contributed by atoms with Gasteiger partial charge < -0.3 is 15.0 Å². The first kappa shape index (κ1) is 21.8. The summed E-state index contributed by atoms with van der Waals surface area (Å²) in [5, 5.41) is 8.15. The van der Waals surface area contributed by atoms with E-state index in [1.165, 1.54) is 0 Å². The summed E-state index contributed by atoms with van der Waals surface area (Å²) in [7, 11) is 0. The van der Waals surface area contributed by atoms with Gasteiger partial charge in [-0.15, -0.1) is 5.10 Å². The zero-order valence-electron chi connectivity index (χ0n) is 18.0. The third kappa shape index (κ3) is 4.85. The number of fused-ring (bicyclic) bond motifs is 2. The Labute approximate surface area is 195 Å². The Bertz CT molecular complexity index is 1110. The number of anilines is 2. The lowest BCUT2D eigenvalue weighted by Crippen LogP contribution is -2.48. The summed E-state index contributed by atoms with van der Waals surface area (Å²) in [5.74, 6) is 2.39. The fraction of sp³-hybridized carbons (Fsp3) is 0.455. The number of ether oxygens (including phenoxy) is 1. The van der Waals surface area contributed by atoms with E-state index in [2.05, 4.69) is 30.3 Å². The van der Waals surface area contributed by atoms with Gasteiger partial charge in [-0.1, -0.05) is 17.7 Å². The summed E-state index contributed by atoms with van der Waals surface area (Å²) in [4.78, 5) is 15.3. The van der Waals surface area contributed by atoms with Gasteiger partial charge in [-0.2, -0.15) is 4.98 Å². The van der Waals surface area contributed by atoms with Gasteiger partial charge in [0.2, 0.25) is 5.95 Å². The molecular weight excluding hydrogens is 452 g/mol. The van der Waals surface area contributed by atoms with Gasteiger partial charge in [-0.05, 0) is 49.8 Å². The van der Waals surface area contributed by atoms with Crippen LogP contribution in [0.5, 0.6) is 11.8 Å². The van der Waals surface area contributed by atoms with E-state index >= 15 is 0 Å². The second-order valence-corrected chi connectivity index (χ2v) is 8.98. The van der Waals surface area contributed by atoms with Crippen LogP contribution in [0.3, 0.4) is 0 Å². The highest BCUT2D eigenvalue weighted by Crippen LogP contribution is 2.40. The van der Waals surface area contributed by atoms with E-state index in [0.29, 0.717) is 28.6 Å². The minimum atomic E-state index is -2.59. The first-order valence-electron chi connectivity index (χ1n) is 10.9. The Morgan fingerprint density at radius 3 is 2.67 bits per heavy atom. The van der Waals surface area contributed by atoms with Crippen molar-refractivity contribution < 1.29 is 13.5 Å². The van der Waals surface area contributed by atoms with E-state index in [4.69, 9.17) is 16.3 Å². The van der Waals surface area contributed by atoms with Gasteiger partial charge in [0.25, 0.3) is 6.43 Å². The summed E-state index contributed by atoms with van der Waals surface area (Å²) >= 11 is 6.01. The van der Waals surface area contributed by atoms with Crippen LogP contribution in [0.15, 0.2) is 36.7 Å². The largest absolute Gasteiger partial charge is 0.424 e. The molecule has 1 aromatic carbocycles. The Balaban J connectivity index is 1.32. The maximum absolute atomic E-state index is 13.1. The van der Waals surface area contributed by atoms with Crippen molar-refractivity contribution in [1.29, 1.82) is 0 Å². The van der Waals surface area contributed by atoms with E-state index < -0.39 is 13.0 Å². The van der Waals surface area contributed by atoms with Gasteiger partial charge in [-0.25, -0.2) is 23.4 Å². The Hall–Kier alpha value is -3.01. The fourth-order valence-corrected chi connectivity index (χ4v) is 4.94. The normalized spacial score (nSPS) is 22.1. The van der Waals surface area contributed by atoms with Crippen LogP contribution in [0, 0.1) is 18.8 Å². The van der Waals surface area contributed by atoms with Crippen molar-refractivity contribution in [3.05, 3.63) is 47.4 Å². The van der Waals surface area contributed by atoms with Crippen molar-refractivity contribution >= 4 is 23.4 Å². The number of benzene rings is 1. The Morgan fingerprint density at radius 2 is 1.97 bits per heavy atom. The van der Waals surface area contributed by atoms with Gasteiger partial charge in [0.05, 0.1) is 0 Å². The highest BCUT2D eigenvalue weighted by molar-refractivity contribution is 6.30. The van der Waals surface area contributed by atoms with Crippen molar-refractivity contribution in [2.75, 3.05) is 23.3 Å². The van der Waals surface area contributed by atoms with Crippen LogP contribution in [0.2, 0.25) is 5.02 Å². The van der Waals surface area contributed by atoms with Gasteiger partial charge in [0, 0.05) is 35.9 Å². The molecule has 1 aliphatic heterocycles. The van der Waals surface area contributed by atoms with Crippen LogP contribution in [0.4, 0.5) is 20.5 Å². The monoisotopic (exact) mass is 475 g/mol. The van der Waals surface area contributed by atoms with Crippen LogP contribution in [-0.2, 0) is 6.54 Å². The molecule has 2 fully saturated rings. The summed E-state index contributed by atoms with van der Waals surface area (Å²) < 4.78 is 33.1. The molecule has 2 atom stereocenters. The van der Waals surface area contributed by atoms with Crippen LogP contribution in [0.25, 0.3) is 0 Å². The Morgan fingerprint density at radius 1 is 1.18 bits per heavy atom. The lowest BCUT2D eigenvalue weighted by atomic mass is 9.92. The smallest absolute Gasteiger partial charge is 0.322 e. The van der Waals surface area contributed by atoms with Crippen molar-refractivity contribution in [2.45, 2.75) is 38.8 Å². The molecule has 2 unspecified atom stereocenters. The zero-order chi connectivity index (χ0) is 22.9. The van der Waals surface area contributed by atoms with Crippen LogP contribution < -0.4 is 15.0 Å². The predicted octanol–water partition coefficient (Wildman–Crippen LogP) is 4.41. The minimum Gasteiger partial charge on any atom is -0.424 e. The maximum Gasteiger partial charge on any atom is 0.322 e. The second-order valence-electron chi connectivity index (χ2n) is 8.54. The Kier molecular flexibility index (Phi) is 6.01. The van der Waals surface area contributed by atoms with E-state index in [1.807, 2.05) is 13.0 Å². The molecule has 1 saturated heterocycles. The molecule has 2 aliphatic rings. The van der Waals surface area contributed by atoms with E-state index in [1.54, 1.807) is 30.6 Å². The third-order valence-corrected chi connectivity index (χ3v) is 6.43. The SMILES string of the molecule is Cc1cc(N2CC3CCC(C2)C3Nc2nc(Oc3cccc(Cl)c3)n(CC(F)F)n2)ncn1. The lowest BCUT2D eigenvalue weighted by molar-refractivity contribution is 0.118. The molecule has 2 aromatic heterocycles. The number of aryl methyl sites for hydroxylation is 1. The van der Waals surface area contributed by atoms with Crippen LogP contribution in [-0.4, -0.2) is 50.3 Å². The molecule has 2 bridgehead atoms. The number of piperidine rings is 1. The number of rotatable bonds is 7. The summed E-state index contributed by atoms with van der Waals surface area (Å²) in [6.07, 6.45) is 1.16. The molecule has 5 rings (SSSR count). The highest BCUT2D eigenvalue weighted by atomic mass is 35.5. The average Bonchev–Trinajstić information content (AvgIpc) is 3.22. The number of hydrogen-bond donors (Lipinski definition) is 1. The number of halogens is 3. The van der Waals surface area contributed by atoms with Crippen LogP contribution in [0.1, 0.15) is 18.5 Å². The zero-order valence-corrected chi connectivity index (χ0v) is 18.8. The standard InChI is InChI=1S/C22H24ClF2N7O/c1-13-7-19(27-12-26-13)31-9-14-5-6-15(10-31)20(14)28-21-29-22(32(30-21)11-18(24)25)33-17-4-2-3-16(23)8-17/h2-4,7-8,12,14-15,18,20H,5-6,9-11H2,1H3,(H,28,30). The molecule has 3 aromatic rings. The molecule has 0 spiro atoms. The van der Waals surface area contributed by atoms with Crippen molar-refractivity contribution in [1.82, 2.24) is 24.7 Å². The average molecular weight is 476 g/mol. The van der Waals surface area contributed by atoms with Gasteiger partial charge in [-0.3, -0.25) is 0 Å². The maximum atomic E-state index is 13.1. The molecular formula is C22H24ClF2N7O. The lowest BCUT2D eigenvalue weighted by Gasteiger charge is -2.38. The molecule has 0 amide bonds. The number of alkyl halides is 2.